The van der Waals surface area contributed by atoms with Crippen molar-refractivity contribution in [2.45, 2.75) is 83.1 Å². The number of carbonyl (C=O) groups excluding carboxylic acids is 1. The van der Waals surface area contributed by atoms with Gasteiger partial charge in [0.05, 0.1) is 28.9 Å². The molecule has 1 aliphatic carbocycles. The molecule has 3 aliphatic rings. The summed E-state index contributed by atoms with van der Waals surface area (Å²) in [6.45, 7) is 8.62. The number of aromatic amines is 1. The summed E-state index contributed by atoms with van der Waals surface area (Å²) in [5.41, 5.74) is 5.13. The molecule has 1 N–H and O–H groups in total. The first-order valence-electron chi connectivity index (χ1n) is 21.4. The Balaban J connectivity index is 1.09. The summed E-state index contributed by atoms with van der Waals surface area (Å²) >= 11 is 0. The Morgan fingerprint density at radius 2 is 1.67 bits per heavy atom. The van der Waals surface area contributed by atoms with Crippen LogP contribution in [0.25, 0.3) is 28.1 Å². The molecule has 2 aliphatic heterocycles. The monoisotopic (exact) mass is 874 g/mol. The number of hydrogen-bond donors (Lipinski definition) is 1. The smallest absolute Gasteiger partial charge is 0.381 e. The number of rotatable bonds is 10. The fourth-order valence-corrected chi connectivity index (χ4v) is 10.5. The molecule has 0 radical (unpaired) electrons. The van der Waals surface area contributed by atoms with Gasteiger partial charge in [0.15, 0.2) is 15.7 Å². The van der Waals surface area contributed by atoms with Crippen LogP contribution in [-0.4, -0.2) is 78.4 Å². The second-order valence-corrected chi connectivity index (χ2v) is 19.5. The molecule has 10 rings (SSSR count). The number of benzene rings is 3. The summed E-state index contributed by atoms with van der Waals surface area (Å²) in [5.74, 6) is -0.215. The van der Waals surface area contributed by atoms with Gasteiger partial charge in [-0.2, -0.15) is 5.10 Å². The quantitative estimate of drug-likeness (QED) is 0.165. The van der Waals surface area contributed by atoms with E-state index in [1.807, 2.05) is 17.6 Å². The number of amides is 1. The zero-order valence-corrected chi connectivity index (χ0v) is 36.2. The van der Waals surface area contributed by atoms with E-state index < -0.39 is 32.9 Å². The van der Waals surface area contributed by atoms with Gasteiger partial charge in [0, 0.05) is 60.8 Å². The van der Waals surface area contributed by atoms with Gasteiger partial charge >= 0.3 is 11.4 Å². The Kier molecular flexibility index (Phi) is 9.82. The number of halogens is 1. The maximum absolute atomic E-state index is 15.3. The number of aryl methyl sites for hydroxylation is 2. The van der Waals surface area contributed by atoms with Crippen LogP contribution < -0.4 is 11.4 Å². The number of carbonyl (C=O) groups is 1. The minimum atomic E-state index is -3.26. The minimum absolute atomic E-state index is 0.0243. The predicted molar refractivity (Wildman–Crippen MR) is 232 cm³/mol. The third kappa shape index (κ3) is 6.88. The average Bonchev–Trinajstić information content (AvgIpc) is 3.56. The van der Waals surface area contributed by atoms with Gasteiger partial charge in [-0.1, -0.05) is 30.3 Å². The Labute approximate surface area is 361 Å². The fraction of sp³-hybridized carbons (Fsp3) is 0.370. The van der Waals surface area contributed by atoms with Crippen LogP contribution in [0.4, 0.5) is 4.39 Å². The first-order valence-corrected chi connectivity index (χ1v) is 23.2. The van der Waals surface area contributed by atoms with Gasteiger partial charge in [0.25, 0.3) is 5.91 Å². The van der Waals surface area contributed by atoms with Crippen LogP contribution in [0, 0.1) is 19.7 Å². The highest BCUT2D eigenvalue weighted by atomic mass is 32.2. The molecule has 0 spiro atoms. The lowest BCUT2D eigenvalue weighted by Crippen LogP contribution is -2.41. The molecule has 0 bridgehead atoms. The number of imidazole rings is 1. The van der Waals surface area contributed by atoms with Gasteiger partial charge in [-0.3, -0.25) is 23.4 Å². The summed E-state index contributed by atoms with van der Waals surface area (Å²) in [5, 5.41) is 10.1. The molecular weight excluding hydrogens is 828 g/mol. The minimum Gasteiger partial charge on any atom is -0.381 e. The Hall–Kier alpha value is -6.33. The molecule has 6 heterocycles. The molecule has 2 fully saturated rings. The highest BCUT2D eigenvalue weighted by Crippen LogP contribution is 2.51. The van der Waals surface area contributed by atoms with Gasteiger partial charge in [-0.25, -0.2) is 27.1 Å². The van der Waals surface area contributed by atoms with Gasteiger partial charge in [-0.05, 0) is 117 Å². The molecule has 0 unspecified atom stereocenters. The highest BCUT2D eigenvalue weighted by Gasteiger charge is 2.52. The average molecular weight is 875 g/mol. The van der Waals surface area contributed by atoms with Crippen molar-refractivity contribution >= 4 is 26.6 Å². The fourth-order valence-electron chi connectivity index (χ4n) is 9.63. The van der Waals surface area contributed by atoms with E-state index in [2.05, 4.69) is 28.3 Å². The summed E-state index contributed by atoms with van der Waals surface area (Å²) in [6, 6.07) is 17.9. The van der Waals surface area contributed by atoms with E-state index in [1.54, 1.807) is 79.1 Å². The summed E-state index contributed by atoms with van der Waals surface area (Å²) in [7, 11) is -3.26. The molecule has 1 atom stereocenters. The van der Waals surface area contributed by atoms with Gasteiger partial charge in [0.2, 0.25) is 0 Å². The van der Waals surface area contributed by atoms with Crippen molar-refractivity contribution in [2.75, 3.05) is 25.5 Å². The predicted octanol–water partition coefficient (Wildman–Crippen LogP) is 6.33. The van der Waals surface area contributed by atoms with E-state index in [9.17, 15) is 18.0 Å². The number of aromatic nitrogens is 7. The van der Waals surface area contributed by atoms with E-state index >= 15 is 9.18 Å². The second kappa shape index (κ2) is 15.2. The zero-order chi connectivity index (χ0) is 43.9. The summed E-state index contributed by atoms with van der Waals surface area (Å²) in [4.78, 5) is 46.8. The van der Waals surface area contributed by atoms with Crippen molar-refractivity contribution in [1.82, 2.24) is 38.5 Å². The molecule has 7 aromatic rings. The number of nitrogens with zero attached hydrogens (tertiary/aromatic N) is 7. The molecule has 4 aromatic heterocycles. The lowest BCUT2D eigenvalue weighted by atomic mass is 9.91. The van der Waals surface area contributed by atoms with Crippen molar-refractivity contribution in [3.05, 3.63) is 145 Å². The summed E-state index contributed by atoms with van der Waals surface area (Å²) < 4.78 is 56.9. The second-order valence-electron chi connectivity index (χ2n) is 17.1. The first kappa shape index (κ1) is 40.7. The van der Waals surface area contributed by atoms with Gasteiger partial charge in [-0.15, -0.1) is 0 Å². The van der Waals surface area contributed by atoms with Crippen LogP contribution >= 0.6 is 0 Å². The molecule has 17 heteroatoms. The number of nitrogens with one attached hydrogen (secondary N) is 1. The number of sulfone groups is 1. The Morgan fingerprint density at radius 1 is 0.952 bits per heavy atom. The molecule has 326 valence electrons. The third-order valence-electron chi connectivity index (χ3n) is 13.2. The normalized spacial score (nSPS) is 17.7. The lowest BCUT2D eigenvalue weighted by molar-refractivity contribution is 0.0664. The highest BCUT2D eigenvalue weighted by molar-refractivity contribution is 7.90. The van der Waals surface area contributed by atoms with Gasteiger partial charge in [0.1, 0.15) is 22.9 Å². The van der Waals surface area contributed by atoms with E-state index in [4.69, 9.17) is 14.4 Å². The number of ether oxygens (including phenoxy) is 1. The van der Waals surface area contributed by atoms with Crippen LogP contribution in [0.1, 0.15) is 101 Å². The SMILES string of the molecule is CCS(=O)(=O)Cc1ccc(-n2ccn(-c3c4c(nn3-c3cc(C)c(F)c(C)c3)CCN(C(=O)c3cc5cc(C6CCOCC6)ccc5n3C3(c5noc(=O)[nH]5)CC3)[C@H]4C)c2=O)cc1. The Bertz CT molecular complexity index is 3160. The van der Waals surface area contributed by atoms with E-state index in [0.29, 0.717) is 102 Å². The maximum atomic E-state index is 15.3. The van der Waals surface area contributed by atoms with Crippen molar-refractivity contribution in [1.29, 1.82) is 0 Å². The largest absolute Gasteiger partial charge is 0.438 e. The number of fused-ring (bicyclic) bond motifs is 2. The molecule has 1 saturated heterocycles. The number of H-pyrrole nitrogens is 1. The molecule has 1 amide bonds. The van der Waals surface area contributed by atoms with Crippen LogP contribution in [0.5, 0.6) is 0 Å². The van der Waals surface area contributed by atoms with Crippen molar-refractivity contribution in [2.24, 2.45) is 0 Å². The molecule has 3 aromatic carbocycles. The zero-order valence-electron chi connectivity index (χ0n) is 35.4. The van der Waals surface area contributed by atoms with E-state index in [-0.39, 0.29) is 23.2 Å². The van der Waals surface area contributed by atoms with Crippen molar-refractivity contribution < 1.29 is 26.9 Å². The van der Waals surface area contributed by atoms with Crippen molar-refractivity contribution in [3.8, 4) is 17.2 Å². The van der Waals surface area contributed by atoms with Crippen molar-refractivity contribution in [3.63, 3.8) is 0 Å². The van der Waals surface area contributed by atoms with E-state index in [1.165, 1.54) is 14.7 Å². The van der Waals surface area contributed by atoms with Gasteiger partial charge < -0.3 is 14.2 Å². The summed E-state index contributed by atoms with van der Waals surface area (Å²) in [6.07, 6.45) is 6.74. The maximum Gasteiger partial charge on any atom is 0.438 e. The number of hydrogen-bond acceptors (Lipinski definition) is 9. The van der Waals surface area contributed by atoms with Crippen LogP contribution in [0.3, 0.4) is 0 Å². The molecule has 15 nitrogen and oxygen atoms in total. The molecule has 63 heavy (non-hydrogen) atoms. The third-order valence-corrected chi connectivity index (χ3v) is 14.8. The van der Waals surface area contributed by atoms with E-state index in [0.717, 1.165) is 23.7 Å². The van der Waals surface area contributed by atoms with Crippen LogP contribution in [0.2, 0.25) is 0 Å². The standard InChI is InChI=1S/C46H47FN8O7S/c1-5-63(59,60)26-30-6-9-34(10-7-30)52-18-19-53(45(52)58)41-39-29(4)51(17-12-36(39)49-55(41)35-22-27(2)40(47)28(3)23-35)42(56)38-25-33-24-32(31-13-20-61-21-14-31)8-11-37(33)54(38)46(15-16-46)43-48-44(57)62-50-43/h6-11,18-19,22-25,29,31H,5,12-17,20-21,26H2,1-4H3,(H,48,50,57)/t29-/m0/s1. The molecule has 1 saturated carbocycles. The Morgan fingerprint density at radius 3 is 2.33 bits per heavy atom. The van der Waals surface area contributed by atoms with Crippen LogP contribution in [-0.2, 0) is 32.3 Å². The first-order chi connectivity index (χ1) is 30.3. The lowest BCUT2D eigenvalue weighted by Gasteiger charge is -2.34. The van der Waals surface area contributed by atoms with Crippen LogP contribution in [0.15, 0.2) is 87.2 Å². The molecular formula is C46H47FN8O7S. The topological polar surface area (TPSA) is 172 Å².